The molecule has 3 heteroatoms. The van der Waals surface area contributed by atoms with Crippen molar-refractivity contribution in [3.05, 3.63) is 29.8 Å². The molecule has 1 fully saturated rings. The zero-order valence-electron chi connectivity index (χ0n) is 13.1. The van der Waals surface area contributed by atoms with Gasteiger partial charge in [-0.05, 0) is 37.3 Å². The Hall–Kier alpha value is -1.35. The first-order valence-corrected chi connectivity index (χ1v) is 8.28. The van der Waals surface area contributed by atoms with Gasteiger partial charge in [-0.1, -0.05) is 37.5 Å². The lowest BCUT2D eigenvalue weighted by molar-refractivity contribution is -0.119. The highest BCUT2D eigenvalue weighted by Crippen LogP contribution is 2.35. The van der Waals surface area contributed by atoms with Crippen LogP contribution < -0.4 is 10.2 Å². The summed E-state index contributed by atoms with van der Waals surface area (Å²) in [7, 11) is 1.88. The number of hydrogen-bond acceptors (Lipinski definition) is 2. The van der Waals surface area contributed by atoms with E-state index >= 15 is 0 Å². The Morgan fingerprint density at radius 2 is 1.90 bits per heavy atom. The fraction of sp³-hybridized carbons (Fsp3) is 0.611. The maximum absolute atomic E-state index is 12.2. The second-order valence-corrected chi connectivity index (χ2v) is 6.62. The van der Waals surface area contributed by atoms with Gasteiger partial charge in [0.2, 0.25) is 5.91 Å². The van der Waals surface area contributed by atoms with E-state index in [0.29, 0.717) is 12.5 Å². The Balaban J connectivity index is 1.76. The smallest absolute Gasteiger partial charge is 0.228 e. The number of anilines is 1. The van der Waals surface area contributed by atoms with Crippen LogP contribution in [0, 0.1) is 5.92 Å². The average molecular weight is 286 g/mol. The van der Waals surface area contributed by atoms with Crippen LogP contribution >= 0.6 is 0 Å². The Morgan fingerprint density at radius 3 is 2.67 bits per heavy atom. The summed E-state index contributed by atoms with van der Waals surface area (Å²) in [6.45, 7) is 2.29. The summed E-state index contributed by atoms with van der Waals surface area (Å²) in [5, 5.41) is 3.75. The molecule has 1 aromatic carbocycles. The number of hydrogen-bond donors (Lipinski definition) is 1. The minimum Gasteiger partial charge on any atom is -0.315 e. The lowest BCUT2D eigenvalue weighted by Gasteiger charge is -2.36. The molecule has 0 bridgehead atoms. The number of nitrogens with zero attached hydrogens (tertiary/aromatic N) is 1. The van der Waals surface area contributed by atoms with Gasteiger partial charge in [0, 0.05) is 31.2 Å². The zero-order chi connectivity index (χ0) is 14.8. The molecule has 0 radical (unpaired) electrons. The van der Waals surface area contributed by atoms with Gasteiger partial charge in [0.15, 0.2) is 0 Å². The van der Waals surface area contributed by atoms with Crippen molar-refractivity contribution in [1.82, 2.24) is 5.32 Å². The van der Waals surface area contributed by atoms with Crippen LogP contribution in [-0.2, 0) is 4.79 Å². The van der Waals surface area contributed by atoms with Gasteiger partial charge in [0.25, 0.3) is 0 Å². The van der Waals surface area contributed by atoms with E-state index < -0.39 is 0 Å². The number of amides is 1. The highest BCUT2D eigenvalue weighted by Gasteiger charge is 2.31. The van der Waals surface area contributed by atoms with Crippen LogP contribution in [0.1, 0.15) is 57.1 Å². The molecule has 0 spiro atoms. The Morgan fingerprint density at radius 1 is 1.19 bits per heavy atom. The van der Waals surface area contributed by atoms with Gasteiger partial charge >= 0.3 is 0 Å². The van der Waals surface area contributed by atoms with Crippen molar-refractivity contribution < 1.29 is 4.79 Å². The monoisotopic (exact) mass is 286 g/mol. The molecule has 1 aliphatic carbocycles. The van der Waals surface area contributed by atoms with Crippen LogP contribution in [0.15, 0.2) is 24.3 Å². The van der Waals surface area contributed by atoms with Gasteiger partial charge in [-0.3, -0.25) is 4.79 Å². The van der Waals surface area contributed by atoms with Gasteiger partial charge in [0.1, 0.15) is 0 Å². The molecular weight excluding hydrogens is 260 g/mol. The van der Waals surface area contributed by atoms with Crippen molar-refractivity contribution in [3.63, 3.8) is 0 Å². The van der Waals surface area contributed by atoms with E-state index in [1.54, 1.807) is 4.90 Å². The number of fused-ring (bicyclic) bond motifs is 1. The van der Waals surface area contributed by atoms with Crippen molar-refractivity contribution in [2.75, 3.05) is 11.9 Å². The van der Waals surface area contributed by atoms with E-state index in [4.69, 9.17) is 0 Å². The zero-order valence-corrected chi connectivity index (χ0v) is 13.1. The number of carbonyl (C=O) groups is 1. The summed E-state index contributed by atoms with van der Waals surface area (Å²) in [6, 6.07) is 8.94. The average Bonchev–Trinajstić information content (AvgIpc) is 2.53. The fourth-order valence-electron chi connectivity index (χ4n) is 3.88. The fourth-order valence-corrected chi connectivity index (χ4v) is 3.88. The van der Waals surface area contributed by atoms with Gasteiger partial charge < -0.3 is 10.2 Å². The molecule has 1 amide bonds. The number of nitrogens with one attached hydrogen (secondary N) is 1. The molecule has 1 unspecified atom stereocenters. The maximum Gasteiger partial charge on any atom is 0.228 e. The standard InChI is InChI=1S/C18H26N2O/c1-13(14-8-4-3-5-9-14)19-16-12-18(21)20(2)17-11-7-6-10-15(16)17/h6-7,10-11,13-14,16,19H,3-5,8-9,12H2,1-2H3/t13-,16?/m0/s1. The number of benzene rings is 1. The molecule has 0 saturated heterocycles. The summed E-state index contributed by atoms with van der Waals surface area (Å²) >= 11 is 0. The van der Waals surface area contributed by atoms with Crippen LogP contribution in [-0.4, -0.2) is 19.0 Å². The molecule has 1 N–H and O–H groups in total. The number of carbonyl (C=O) groups excluding carboxylic acids is 1. The van der Waals surface area contributed by atoms with Crippen LogP contribution in [0.3, 0.4) is 0 Å². The summed E-state index contributed by atoms with van der Waals surface area (Å²) in [6.07, 6.45) is 7.34. The van der Waals surface area contributed by atoms with Crippen molar-refractivity contribution >= 4 is 11.6 Å². The summed E-state index contributed by atoms with van der Waals surface area (Å²) in [5.41, 5.74) is 2.32. The molecular formula is C18H26N2O. The normalized spacial score (nSPS) is 24.8. The maximum atomic E-state index is 12.2. The van der Waals surface area contributed by atoms with Crippen molar-refractivity contribution in [1.29, 1.82) is 0 Å². The minimum absolute atomic E-state index is 0.168. The third kappa shape index (κ3) is 2.98. The van der Waals surface area contributed by atoms with Gasteiger partial charge in [-0.25, -0.2) is 0 Å². The summed E-state index contributed by atoms with van der Waals surface area (Å²) < 4.78 is 0. The van der Waals surface area contributed by atoms with E-state index in [9.17, 15) is 4.79 Å². The highest BCUT2D eigenvalue weighted by molar-refractivity contribution is 5.96. The third-order valence-corrected chi connectivity index (χ3v) is 5.25. The first-order valence-electron chi connectivity index (χ1n) is 8.28. The third-order valence-electron chi connectivity index (χ3n) is 5.25. The Bertz CT molecular complexity index is 508. The van der Waals surface area contributed by atoms with Gasteiger partial charge in [-0.2, -0.15) is 0 Å². The van der Waals surface area contributed by atoms with E-state index in [0.717, 1.165) is 11.6 Å². The predicted molar refractivity (Wildman–Crippen MR) is 86.4 cm³/mol. The molecule has 1 aliphatic heterocycles. The molecule has 21 heavy (non-hydrogen) atoms. The molecule has 114 valence electrons. The highest BCUT2D eigenvalue weighted by atomic mass is 16.2. The predicted octanol–water partition coefficient (Wildman–Crippen LogP) is 3.65. The molecule has 2 aliphatic rings. The van der Waals surface area contributed by atoms with E-state index in [-0.39, 0.29) is 11.9 Å². The second kappa shape index (κ2) is 6.18. The molecule has 1 heterocycles. The minimum atomic E-state index is 0.168. The van der Waals surface area contributed by atoms with Crippen LogP contribution in [0.5, 0.6) is 0 Å². The first-order chi connectivity index (χ1) is 10.2. The van der Waals surface area contributed by atoms with Gasteiger partial charge in [0.05, 0.1) is 0 Å². The largest absolute Gasteiger partial charge is 0.315 e. The van der Waals surface area contributed by atoms with Crippen molar-refractivity contribution in [2.24, 2.45) is 5.92 Å². The Kier molecular flexibility index (Phi) is 4.29. The van der Waals surface area contributed by atoms with Crippen LogP contribution in [0.2, 0.25) is 0 Å². The number of rotatable bonds is 3. The van der Waals surface area contributed by atoms with Crippen LogP contribution in [0.4, 0.5) is 5.69 Å². The SMILES string of the molecule is C[C@H](NC1CC(=O)N(C)c2ccccc21)C1CCCCC1. The second-order valence-electron chi connectivity index (χ2n) is 6.62. The van der Waals surface area contributed by atoms with Crippen molar-refractivity contribution in [2.45, 2.75) is 57.5 Å². The lowest BCUT2D eigenvalue weighted by Crippen LogP contribution is -2.43. The molecule has 3 nitrogen and oxygen atoms in total. The molecule has 2 atom stereocenters. The Labute approximate surface area is 127 Å². The molecule has 1 saturated carbocycles. The van der Waals surface area contributed by atoms with Gasteiger partial charge in [-0.15, -0.1) is 0 Å². The summed E-state index contributed by atoms with van der Waals surface area (Å²) in [5.74, 6) is 0.975. The topological polar surface area (TPSA) is 32.3 Å². The summed E-state index contributed by atoms with van der Waals surface area (Å²) in [4.78, 5) is 14.0. The van der Waals surface area contributed by atoms with Crippen molar-refractivity contribution in [3.8, 4) is 0 Å². The quantitative estimate of drug-likeness (QED) is 0.920. The molecule has 1 aromatic rings. The lowest BCUT2D eigenvalue weighted by atomic mass is 9.83. The van der Waals surface area contributed by atoms with E-state index in [2.05, 4.69) is 24.4 Å². The van der Waals surface area contributed by atoms with Crippen LogP contribution in [0.25, 0.3) is 0 Å². The molecule has 0 aromatic heterocycles. The van der Waals surface area contributed by atoms with E-state index in [1.807, 2.05) is 19.2 Å². The first kappa shape index (κ1) is 14.6. The molecule has 3 rings (SSSR count). The van der Waals surface area contributed by atoms with E-state index in [1.165, 1.54) is 37.7 Å². The number of para-hydroxylation sites is 1.